The lowest BCUT2D eigenvalue weighted by Gasteiger charge is -2.15. The number of unbranched alkanes of at least 4 members (excludes halogenated alkanes) is 2. The van der Waals surface area contributed by atoms with Gasteiger partial charge in [-0.05, 0) is 73.4 Å². The predicted octanol–water partition coefficient (Wildman–Crippen LogP) is 6.23. The van der Waals surface area contributed by atoms with Gasteiger partial charge in [-0.3, -0.25) is 4.57 Å². The molecule has 0 aliphatic rings. The van der Waals surface area contributed by atoms with Crippen molar-refractivity contribution in [2.75, 3.05) is 18.9 Å². The number of nitrogens with one attached hydrogen (secondary N) is 1. The highest BCUT2D eigenvalue weighted by molar-refractivity contribution is 7.99. The number of hydrogen-bond donors (Lipinski definition) is 2. The second-order valence-corrected chi connectivity index (χ2v) is 9.22. The molecule has 1 atom stereocenters. The monoisotopic (exact) mass is 493 g/mol. The minimum absolute atomic E-state index is 0.120. The minimum atomic E-state index is -4.43. The van der Waals surface area contributed by atoms with Crippen LogP contribution in [0, 0.1) is 5.82 Å². The molecule has 2 rings (SSSR count). The summed E-state index contributed by atoms with van der Waals surface area (Å²) in [4.78, 5) is 8.79. The van der Waals surface area contributed by atoms with E-state index in [0.717, 1.165) is 31.2 Å². The highest BCUT2D eigenvalue weighted by Gasteiger charge is 2.33. The van der Waals surface area contributed by atoms with E-state index in [2.05, 4.69) is 9.84 Å². The molecular formula is C22H28F4NO3PS. The molecule has 0 amide bonds. The fourth-order valence-corrected chi connectivity index (χ4v) is 4.45. The largest absolute Gasteiger partial charge is 0.417 e. The summed E-state index contributed by atoms with van der Waals surface area (Å²) in [5, 5.41) is 3.01. The maximum atomic E-state index is 13.5. The van der Waals surface area contributed by atoms with Crippen molar-refractivity contribution in [3.63, 3.8) is 0 Å². The zero-order chi connectivity index (χ0) is 23.4. The van der Waals surface area contributed by atoms with E-state index >= 15 is 0 Å². The third-order valence-corrected chi connectivity index (χ3v) is 6.29. The molecule has 2 aromatic rings. The molecule has 0 aromatic heterocycles. The van der Waals surface area contributed by atoms with Crippen LogP contribution in [0.1, 0.15) is 42.4 Å². The summed E-state index contributed by atoms with van der Waals surface area (Å²) in [7, 11) is -2.94. The van der Waals surface area contributed by atoms with E-state index in [4.69, 9.17) is 4.89 Å². The molecule has 0 aliphatic heterocycles. The fraction of sp³-hybridized carbons (Fsp3) is 0.455. The van der Waals surface area contributed by atoms with Crippen molar-refractivity contribution < 1.29 is 31.5 Å². The molecule has 2 N–H and O–H groups in total. The lowest BCUT2D eigenvalue weighted by Crippen LogP contribution is -2.17. The summed E-state index contributed by atoms with van der Waals surface area (Å²) in [5.74, 6) is 0.331. The maximum Gasteiger partial charge on any atom is 0.417 e. The molecule has 0 saturated heterocycles. The smallest absolute Gasteiger partial charge is 0.326 e. The molecule has 0 bridgehead atoms. The van der Waals surface area contributed by atoms with Crippen molar-refractivity contribution in [1.29, 1.82) is 0 Å². The van der Waals surface area contributed by atoms with Gasteiger partial charge in [0.15, 0.2) is 0 Å². The second-order valence-electron chi connectivity index (χ2n) is 7.26. The third kappa shape index (κ3) is 10.5. The molecule has 0 radical (unpaired) electrons. The summed E-state index contributed by atoms with van der Waals surface area (Å²) < 4.78 is 68.4. The van der Waals surface area contributed by atoms with Gasteiger partial charge < -0.3 is 14.7 Å². The Bertz CT molecular complexity index is 850. The first-order valence-electron chi connectivity index (χ1n) is 10.4. The number of benzene rings is 2. The van der Waals surface area contributed by atoms with E-state index in [1.807, 2.05) is 0 Å². The molecule has 0 saturated carbocycles. The van der Waals surface area contributed by atoms with E-state index in [9.17, 15) is 22.1 Å². The SMILES string of the molecule is O=[PH](O)OCCCNCc1ccc(SCCCCCc2ccc(F)cc2)c(C(F)(F)F)c1. The molecule has 0 fully saturated rings. The van der Waals surface area contributed by atoms with Gasteiger partial charge in [0, 0.05) is 11.4 Å². The molecule has 0 spiro atoms. The Morgan fingerprint density at radius 2 is 1.72 bits per heavy atom. The summed E-state index contributed by atoms with van der Waals surface area (Å²) in [6.07, 6.45) is -0.521. The summed E-state index contributed by atoms with van der Waals surface area (Å²) >= 11 is 1.21. The molecule has 2 aromatic carbocycles. The maximum absolute atomic E-state index is 13.5. The van der Waals surface area contributed by atoms with Crippen LogP contribution in [0.2, 0.25) is 0 Å². The lowest BCUT2D eigenvalue weighted by molar-refractivity contribution is -0.139. The third-order valence-electron chi connectivity index (χ3n) is 4.68. The summed E-state index contributed by atoms with van der Waals surface area (Å²) in [5.41, 5.74) is 0.951. The van der Waals surface area contributed by atoms with Crippen LogP contribution < -0.4 is 5.32 Å². The Hall–Kier alpha value is -1.38. The van der Waals surface area contributed by atoms with Crippen molar-refractivity contribution in [3.05, 3.63) is 65.0 Å². The zero-order valence-corrected chi connectivity index (χ0v) is 19.4. The molecule has 0 heterocycles. The first-order valence-corrected chi connectivity index (χ1v) is 12.6. The molecule has 4 nitrogen and oxygen atoms in total. The number of alkyl halides is 3. The standard InChI is InChI=1S/C22H28F4NO3PS/c23-19-9-6-17(7-10-19)5-2-1-3-14-32-21-11-8-18(15-20(21)22(24,25)26)16-27-12-4-13-30-31(28)29/h6-11,15,27,31H,1-5,12-14,16H2,(H,28,29). The number of rotatable bonds is 14. The van der Waals surface area contributed by atoms with Gasteiger partial charge in [-0.25, -0.2) is 4.39 Å². The van der Waals surface area contributed by atoms with Gasteiger partial charge in [0.25, 0.3) is 0 Å². The number of hydrogen-bond acceptors (Lipinski definition) is 4. The molecule has 1 unspecified atom stereocenters. The van der Waals surface area contributed by atoms with Crippen LogP contribution in [0.15, 0.2) is 47.4 Å². The highest BCUT2D eigenvalue weighted by Crippen LogP contribution is 2.37. The molecular weight excluding hydrogens is 465 g/mol. The second kappa shape index (κ2) is 14.0. The van der Waals surface area contributed by atoms with Crippen LogP contribution in [-0.4, -0.2) is 23.8 Å². The minimum Gasteiger partial charge on any atom is -0.326 e. The summed E-state index contributed by atoms with van der Waals surface area (Å²) in [6, 6.07) is 10.7. The zero-order valence-electron chi connectivity index (χ0n) is 17.6. The molecule has 0 aliphatic carbocycles. The average Bonchev–Trinajstić information content (AvgIpc) is 2.74. The number of halogens is 4. The lowest BCUT2D eigenvalue weighted by atomic mass is 10.1. The van der Waals surface area contributed by atoms with Crippen molar-refractivity contribution in [2.24, 2.45) is 0 Å². The van der Waals surface area contributed by atoms with Gasteiger partial charge >= 0.3 is 14.4 Å². The molecule has 32 heavy (non-hydrogen) atoms. The van der Waals surface area contributed by atoms with Crippen LogP contribution >= 0.6 is 20.0 Å². The van der Waals surface area contributed by atoms with E-state index in [1.165, 1.54) is 36.0 Å². The Kier molecular flexibility index (Phi) is 11.8. The van der Waals surface area contributed by atoms with Gasteiger partial charge in [0.1, 0.15) is 5.82 Å². The van der Waals surface area contributed by atoms with E-state index in [-0.39, 0.29) is 23.9 Å². The number of aryl methyl sites for hydroxylation is 1. The van der Waals surface area contributed by atoms with Gasteiger partial charge in [-0.2, -0.15) is 13.2 Å². The molecule has 178 valence electrons. The van der Waals surface area contributed by atoms with Crippen molar-refractivity contribution >= 4 is 20.0 Å². The van der Waals surface area contributed by atoms with Crippen molar-refractivity contribution in [1.82, 2.24) is 5.32 Å². The quantitative estimate of drug-likeness (QED) is 0.141. The van der Waals surface area contributed by atoms with E-state index in [0.29, 0.717) is 24.3 Å². The van der Waals surface area contributed by atoms with Crippen LogP contribution in [0.5, 0.6) is 0 Å². The first-order chi connectivity index (χ1) is 15.3. The van der Waals surface area contributed by atoms with Gasteiger partial charge in [0.05, 0.1) is 12.2 Å². The predicted molar refractivity (Wildman–Crippen MR) is 120 cm³/mol. The first kappa shape index (κ1) is 26.9. The fourth-order valence-electron chi connectivity index (χ4n) is 3.07. The van der Waals surface area contributed by atoms with E-state index < -0.39 is 20.0 Å². The Balaban J connectivity index is 1.76. The van der Waals surface area contributed by atoms with Gasteiger partial charge in [-0.15, -0.1) is 11.8 Å². The van der Waals surface area contributed by atoms with Crippen molar-refractivity contribution in [2.45, 2.75) is 49.7 Å². The van der Waals surface area contributed by atoms with Gasteiger partial charge in [-0.1, -0.05) is 24.6 Å². The van der Waals surface area contributed by atoms with Gasteiger partial charge in [0.2, 0.25) is 0 Å². The Morgan fingerprint density at radius 3 is 2.41 bits per heavy atom. The normalized spacial score (nSPS) is 12.8. The van der Waals surface area contributed by atoms with Crippen LogP contribution in [0.4, 0.5) is 17.6 Å². The van der Waals surface area contributed by atoms with Crippen LogP contribution in [-0.2, 0) is 28.2 Å². The van der Waals surface area contributed by atoms with Crippen LogP contribution in [0.25, 0.3) is 0 Å². The number of thioether (sulfide) groups is 1. The van der Waals surface area contributed by atoms with Crippen LogP contribution in [0.3, 0.4) is 0 Å². The Morgan fingerprint density at radius 1 is 1.00 bits per heavy atom. The molecule has 10 heteroatoms. The Labute approximate surface area is 190 Å². The topological polar surface area (TPSA) is 58.6 Å². The highest BCUT2D eigenvalue weighted by atomic mass is 32.2. The summed E-state index contributed by atoms with van der Waals surface area (Å²) in [6.45, 7) is 0.852. The average molecular weight is 494 g/mol. The van der Waals surface area contributed by atoms with Crippen molar-refractivity contribution in [3.8, 4) is 0 Å². The van der Waals surface area contributed by atoms with E-state index in [1.54, 1.807) is 18.2 Å².